The van der Waals surface area contributed by atoms with Crippen LogP contribution in [0.3, 0.4) is 0 Å². The van der Waals surface area contributed by atoms with E-state index < -0.39 is 17.3 Å². The molecule has 0 aliphatic heterocycles. The Hall–Kier alpha value is -1.79. The van der Waals surface area contributed by atoms with E-state index in [4.69, 9.17) is 9.94 Å². The van der Waals surface area contributed by atoms with Crippen molar-refractivity contribution in [1.29, 1.82) is 0 Å². The quantitative estimate of drug-likeness (QED) is 0.850. The van der Waals surface area contributed by atoms with E-state index in [0.717, 1.165) is 12.1 Å². The van der Waals surface area contributed by atoms with Crippen molar-refractivity contribution < 1.29 is 28.0 Å². The molecular formula is C11H13F3NO3+. The summed E-state index contributed by atoms with van der Waals surface area (Å²) in [5, 5.41) is 8.76. The van der Waals surface area contributed by atoms with Crippen LogP contribution in [-0.4, -0.2) is 22.3 Å². The molecule has 0 heterocycles. The molecule has 7 heteroatoms. The lowest BCUT2D eigenvalue weighted by molar-refractivity contribution is -0.838. The van der Waals surface area contributed by atoms with Gasteiger partial charge in [0.25, 0.3) is 5.54 Å². The first-order valence-electron chi connectivity index (χ1n) is 5.10. The second-order valence-corrected chi connectivity index (χ2v) is 4.37. The molecule has 0 unspecified atom stereocenters. The lowest BCUT2D eigenvalue weighted by atomic mass is 10.1. The zero-order chi connectivity index (χ0) is 14.0. The standard InChI is InChI=1S/C11H13F3NO3/c1-10(2,15(16)17)7-18-9-6-4-3-5-8(9)11(12,13)14/h3-6H,7H2,1-2H3,(H,16,17)/q+1. The summed E-state index contributed by atoms with van der Waals surface area (Å²) >= 11 is 0. The molecule has 1 aromatic carbocycles. The number of nitrogens with zero attached hydrogens (tertiary/aromatic N) is 1. The molecule has 1 N–H and O–H groups in total. The van der Waals surface area contributed by atoms with Crippen LogP contribution in [0.5, 0.6) is 5.75 Å². The molecule has 0 saturated carbocycles. The highest BCUT2D eigenvalue weighted by molar-refractivity contribution is 5.35. The first-order valence-corrected chi connectivity index (χ1v) is 5.10. The Balaban J connectivity index is 2.90. The SMILES string of the molecule is CC(C)(COc1ccccc1C(F)(F)F)[N+](=O)O. The highest BCUT2D eigenvalue weighted by Gasteiger charge is 2.39. The summed E-state index contributed by atoms with van der Waals surface area (Å²) in [6, 6.07) is 4.68. The smallest absolute Gasteiger partial charge is 0.419 e. The molecule has 0 spiro atoms. The second kappa shape index (κ2) is 4.83. The number of rotatable bonds is 4. The van der Waals surface area contributed by atoms with Crippen molar-refractivity contribution in [2.24, 2.45) is 0 Å². The zero-order valence-corrected chi connectivity index (χ0v) is 9.86. The minimum Gasteiger partial charge on any atom is -0.485 e. The van der Waals surface area contributed by atoms with Crippen LogP contribution >= 0.6 is 0 Å². The van der Waals surface area contributed by atoms with Crippen molar-refractivity contribution in [3.05, 3.63) is 34.7 Å². The van der Waals surface area contributed by atoms with Crippen LogP contribution in [0.4, 0.5) is 13.2 Å². The maximum atomic E-state index is 12.6. The number of para-hydroxylation sites is 1. The van der Waals surface area contributed by atoms with Crippen molar-refractivity contribution in [1.82, 2.24) is 0 Å². The molecule has 0 radical (unpaired) electrons. The van der Waals surface area contributed by atoms with Crippen molar-refractivity contribution in [3.63, 3.8) is 0 Å². The lowest BCUT2D eigenvalue weighted by Crippen LogP contribution is -2.39. The summed E-state index contributed by atoms with van der Waals surface area (Å²) in [5.41, 5.74) is -2.25. The van der Waals surface area contributed by atoms with Crippen molar-refractivity contribution in [3.8, 4) is 5.75 Å². The van der Waals surface area contributed by atoms with Gasteiger partial charge < -0.3 is 4.74 Å². The van der Waals surface area contributed by atoms with Gasteiger partial charge >= 0.3 is 6.18 Å². The second-order valence-electron chi connectivity index (χ2n) is 4.37. The number of ether oxygens (including phenoxy) is 1. The fraction of sp³-hybridized carbons (Fsp3) is 0.455. The Bertz CT molecular complexity index is 443. The van der Waals surface area contributed by atoms with E-state index in [0.29, 0.717) is 0 Å². The van der Waals surface area contributed by atoms with Gasteiger partial charge in [0.2, 0.25) is 4.92 Å². The number of hydrogen-bond acceptors (Lipinski definition) is 2. The summed E-state index contributed by atoms with van der Waals surface area (Å²) in [7, 11) is 0. The maximum absolute atomic E-state index is 12.6. The average molecular weight is 264 g/mol. The molecule has 18 heavy (non-hydrogen) atoms. The van der Waals surface area contributed by atoms with E-state index in [9.17, 15) is 18.1 Å². The Morgan fingerprint density at radius 3 is 2.33 bits per heavy atom. The van der Waals surface area contributed by atoms with Crippen LogP contribution in [0.2, 0.25) is 0 Å². The van der Waals surface area contributed by atoms with E-state index >= 15 is 0 Å². The van der Waals surface area contributed by atoms with Crippen LogP contribution in [0.1, 0.15) is 19.4 Å². The predicted molar refractivity (Wildman–Crippen MR) is 56.4 cm³/mol. The van der Waals surface area contributed by atoms with E-state index in [2.05, 4.69) is 0 Å². The Kier molecular flexibility index (Phi) is 3.83. The van der Waals surface area contributed by atoms with Crippen LogP contribution in [0.25, 0.3) is 0 Å². The lowest BCUT2D eigenvalue weighted by Gasteiger charge is -2.16. The zero-order valence-electron chi connectivity index (χ0n) is 9.86. The normalized spacial score (nSPS) is 12.3. The minimum absolute atomic E-state index is 0.344. The highest BCUT2D eigenvalue weighted by Crippen LogP contribution is 2.36. The van der Waals surface area contributed by atoms with E-state index in [1.54, 1.807) is 0 Å². The van der Waals surface area contributed by atoms with Crippen molar-refractivity contribution in [2.45, 2.75) is 25.6 Å². The molecule has 0 aliphatic carbocycles. The monoisotopic (exact) mass is 264 g/mol. The van der Waals surface area contributed by atoms with Gasteiger partial charge in [0.1, 0.15) is 5.75 Å². The predicted octanol–water partition coefficient (Wildman–Crippen LogP) is 3.03. The molecule has 0 fully saturated rings. The fourth-order valence-corrected chi connectivity index (χ4v) is 1.14. The maximum Gasteiger partial charge on any atom is 0.419 e. The van der Waals surface area contributed by atoms with Gasteiger partial charge in [0.05, 0.1) is 10.5 Å². The topological polar surface area (TPSA) is 49.5 Å². The summed E-state index contributed by atoms with van der Waals surface area (Å²) in [4.78, 5) is 10.4. The van der Waals surface area contributed by atoms with Gasteiger partial charge in [-0.3, -0.25) is 0 Å². The molecule has 1 aromatic rings. The number of benzene rings is 1. The van der Waals surface area contributed by atoms with Gasteiger partial charge in [-0.2, -0.15) is 13.2 Å². The van der Waals surface area contributed by atoms with Gasteiger partial charge in [-0.15, -0.1) is 0 Å². The molecule has 1 rings (SSSR count). The number of halogens is 3. The van der Waals surface area contributed by atoms with Gasteiger partial charge in [-0.1, -0.05) is 12.1 Å². The van der Waals surface area contributed by atoms with Gasteiger partial charge in [0, 0.05) is 13.8 Å². The Labute approximate surface area is 102 Å². The summed E-state index contributed by atoms with van der Waals surface area (Å²) < 4.78 is 42.8. The third kappa shape index (κ3) is 3.35. The van der Waals surface area contributed by atoms with Gasteiger partial charge in [-0.25, -0.2) is 5.21 Å². The molecule has 0 amide bonds. The fourth-order valence-electron chi connectivity index (χ4n) is 1.14. The minimum atomic E-state index is -4.53. The van der Waals surface area contributed by atoms with E-state index in [-0.39, 0.29) is 17.3 Å². The third-order valence-corrected chi connectivity index (χ3v) is 2.29. The van der Waals surface area contributed by atoms with Gasteiger partial charge in [0.15, 0.2) is 6.61 Å². The Morgan fingerprint density at radius 1 is 1.28 bits per heavy atom. The molecule has 0 saturated heterocycles. The van der Waals surface area contributed by atoms with Crippen molar-refractivity contribution >= 4 is 0 Å². The summed E-state index contributed by atoms with van der Waals surface area (Å²) in [5.74, 6) is -0.375. The molecule has 0 aromatic heterocycles. The van der Waals surface area contributed by atoms with Crippen molar-refractivity contribution in [2.75, 3.05) is 6.61 Å². The molecular weight excluding hydrogens is 251 g/mol. The van der Waals surface area contributed by atoms with Crippen LogP contribution < -0.4 is 4.74 Å². The first kappa shape index (κ1) is 14.3. The largest absolute Gasteiger partial charge is 0.485 e. The van der Waals surface area contributed by atoms with Crippen LogP contribution in [0, 0.1) is 4.91 Å². The third-order valence-electron chi connectivity index (χ3n) is 2.29. The van der Waals surface area contributed by atoms with Gasteiger partial charge in [-0.05, 0) is 12.1 Å². The van der Waals surface area contributed by atoms with E-state index in [1.165, 1.54) is 26.0 Å². The van der Waals surface area contributed by atoms with Crippen LogP contribution in [-0.2, 0) is 6.18 Å². The molecule has 0 aliphatic rings. The highest BCUT2D eigenvalue weighted by atomic mass is 19.4. The molecule has 100 valence electrons. The summed E-state index contributed by atoms with van der Waals surface area (Å²) in [6.07, 6.45) is -4.53. The van der Waals surface area contributed by atoms with Crippen LogP contribution in [0.15, 0.2) is 24.3 Å². The molecule has 0 bridgehead atoms. The number of alkyl halides is 3. The average Bonchev–Trinajstić information content (AvgIpc) is 2.25. The first-order chi connectivity index (χ1) is 8.14. The molecule has 0 atom stereocenters. The number of hydrogen-bond donors (Lipinski definition) is 1. The summed E-state index contributed by atoms with van der Waals surface area (Å²) in [6.45, 7) is 2.31. The molecule has 4 nitrogen and oxygen atoms in total. The Morgan fingerprint density at radius 2 is 1.83 bits per heavy atom. The van der Waals surface area contributed by atoms with E-state index in [1.807, 2.05) is 0 Å².